The molecule has 0 saturated heterocycles. The van der Waals surface area contributed by atoms with Gasteiger partial charge in [-0.15, -0.1) is 12.4 Å². The van der Waals surface area contributed by atoms with Gasteiger partial charge in [-0.25, -0.2) is 4.39 Å². The van der Waals surface area contributed by atoms with Crippen LogP contribution in [0.4, 0.5) is 4.39 Å². The second-order valence-corrected chi connectivity index (χ2v) is 5.71. The molecule has 1 aromatic rings. The number of fused-ring (bicyclic) bond motifs is 1. The molecule has 2 rings (SSSR count). The van der Waals surface area contributed by atoms with Crippen LogP contribution >= 0.6 is 12.4 Å². The number of carbonyl (C=O) groups excluding carboxylic acids is 1. The highest BCUT2D eigenvalue weighted by atomic mass is 35.5. The van der Waals surface area contributed by atoms with Crippen molar-refractivity contribution in [3.05, 3.63) is 35.1 Å². The van der Waals surface area contributed by atoms with E-state index in [4.69, 9.17) is 5.73 Å². The van der Waals surface area contributed by atoms with Gasteiger partial charge < -0.3 is 11.1 Å². The van der Waals surface area contributed by atoms with Gasteiger partial charge in [-0.1, -0.05) is 32.4 Å². The Morgan fingerprint density at radius 1 is 1.52 bits per heavy atom. The van der Waals surface area contributed by atoms with Gasteiger partial charge in [0.15, 0.2) is 0 Å². The topological polar surface area (TPSA) is 55.1 Å². The van der Waals surface area contributed by atoms with E-state index in [0.717, 1.165) is 30.4 Å². The van der Waals surface area contributed by atoms with Gasteiger partial charge in [0, 0.05) is 0 Å². The Bertz CT molecular complexity index is 495. The van der Waals surface area contributed by atoms with Gasteiger partial charge in [-0.3, -0.25) is 4.79 Å². The summed E-state index contributed by atoms with van der Waals surface area (Å²) in [5.41, 5.74) is 7.49. The molecule has 5 heteroatoms. The van der Waals surface area contributed by atoms with Crippen molar-refractivity contribution in [3.63, 3.8) is 0 Å². The summed E-state index contributed by atoms with van der Waals surface area (Å²) in [5, 5.41) is 3.01. The fourth-order valence-corrected chi connectivity index (χ4v) is 2.90. The van der Waals surface area contributed by atoms with Gasteiger partial charge in [-0.2, -0.15) is 0 Å². The molecule has 3 unspecified atom stereocenters. The first-order valence-corrected chi connectivity index (χ1v) is 7.37. The molecule has 0 heterocycles. The maximum atomic E-state index is 13.9. The summed E-state index contributed by atoms with van der Waals surface area (Å²) in [5.74, 6) is -0.0191. The maximum Gasteiger partial charge on any atom is 0.237 e. The predicted molar refractivity (Wildman–Crippen MR) is 84.9 cm³/mol. The second-order valence-electron chi connectivity index (χ2n) is 5.71. The molecule has 0 fully saturated rings. The number of hydrogen-bond acceptors (Lipinski definition) is 2. The van der Waals surface area contributed by atoms with E-state index in [1.54, 1.807) is 6.07 Å². The summed E-state index contributed by atoms with van der Waals surface area (Å²) >= 11 is 0. The Labute approximate surface area is 131 Å². The minimum atomic E-state index is -0.480. The number of halogens is 2. The van der Waals surface area contributed by atoms with Gasteiger partial charge in [-0.05, 0) is 42.4 Å². The fraction of sp³-hybridized carbons (Fsp3) is 0.562. The van der Waals surface area contributed by atoms with E-state index >= 15 is 0 Å². The smallest absolute Gasteiger partial charge is 0.237 e. The van der Waals surface area contributed by atoms with E-state index in [2.05, 4.69) is 12.2 Å². The SMILES string of the molecule is CCCC(N)C(=O)NC1c2cccc(F)c2CCC1C.Cl. The fourth-order valence-electron chi connectivity index (χ4n) is 2.90. The lowest BCUT2D eigenvalue weighted by Gasteiger charge is -2.33. The van der Waals surface area contributed by atoms with Crippen LogP contribution in [0.1, 0.15) is 50.3 Å². The average molecular weight is 315 g/mol. The molecular formula is C16H24ClFN2O. The summed E-state index contributed by atoms with van der Waals surface area (Å²) in [7, 11) is 0. The van der Waals surface area contributed by atoms with E-state index in [0.29, 0.717) is 12.3 Å². The summed E-state index contributed by atoms with van der Waals surface area (Å²) in [6, 6.07) is 4.48. The third kappa shape index (κ3) is 3.95. The van der Waals surface area contributed by atoms with Crippen molar-refractivity contribution < 1.29 is 9.18 Å². The predicted octanol–water partition coefficient (Wildman–Crippen LogP) is 3.11. The van der Waals surface area contributed by atoms with Gasteiger partial charge in [0.05, 0.1) is 12.1 Å². The number of hydrogen-bond donors (Lipinski definition) is 2. The zero-order valence-electron chi connectivity index (χ0n) is 12.6. The van der Waals surface area contributed by atoms with Crippen LogP contribution in [0.2, 0.25) is 0 Å². The van der Waals surface area contributed by atoms with Crippen molar-refractivity contribution in [3.8, 4) is 0 Å². The number of benzene rings is 1. The van der Waals surface area contributed by atoms with Crippen LogP contribution in [-0.2, 0) is 11.2 Å². The second kappa shape index (κ2) is 7.76. The van der Waals surface area contributed by atoms with Crippen molar-refractivity contribution in [1.29, 1.82) is 0 Å². The number of nitrogens with two attached hydrogens (primary N) is 1. The molecule has 0 aliphatic heterocycles. The monoisotopic (exact) mass is 314 g/mol. The van der Waals surface area contributed by atoms with Crippen molar-refractivity contribution in [2.45, 2.75) is 51.6 Å². The highest BCUT2D eigenvalue weighted by molar-refractivity contribution is 5.85. The summed E-state index contributed by atoms with van der Waals surface area (Å²) < 4.78 is 13.9. The maximum absolute atomic E-state index is 13.9. The van der Waals surface area contributed by atoms with Crippen LogP contribution in [0.3, 0.4) is 0 Å². The molecule has 3 nitrogen and oxygen atoms in total. The lowest BCUT2D eigenvalue weighted by molar-refractivity contribution is -0.123. The molecule has 118 valence electrons. The Hall–Kier alpha value is -1.13. The lowest BCUT2D eigenvalue weighted by Crippen LogP contribution is -2.44. The van der Waals surface area contributed by atoms with E-state index in [9.17, 15) is 9.18 Å². The van der Waals surface area contributed by atoms with Crippen LogP contribution < -0.4 is 11.1 Å². The van der Waals surface area contributed by atoms with E-state index in [-0.39, 0.29) is 30.2 Å². The molecule has 1 aliphatic carbocycles. The van der Waals surface area contributed by atoms with Gasteiger partial charge >= 0.3 is 0 Å². The molecule has 0 bridgehead atoms. The molecule has 1 aliphatic rings. The van der Waals surface area contributed by atoms with Crippen LogP contribution in [0, 0.1) is 11.7 Å². The van der Waals surface area contributed by atoms with Crippen LogP contribution in [-0.4, -0.2) is 11.9 Å². The normalized spacial score (nSPS) is 21.9. The molecule has 0 saturated carbocycles. The first-order chi connectivity index (χ1) is 9.54. The molecular weight excluding hydrogens is 291 g/mol. The molecule has 1 amide bonds. The van der Waals surface area contributed by atoms with Crippen molar-refractivity contribution >= 4 is 18.3 Å². The first-order valence-electron chi connectivity index (χ1n) is 7.37. The minimum absolute atomic E-state index is 0. The Morgan fingerprint density at radius 2 is 2.24 bits per heavy atom. The number of amides is 1. The molecule has 0 aromatic heterocycles. The molecule has 1 aromatic carbocycles. The van der Waals surface area contributed by atoms with Gasteiger partial charge in [0.25, 0.3) is 0 Å². The first kappa shape index (κ1) is 17.9. The minimum Gasteiger partial charge on any atom is -0.348 e. The lowest BCUT2D eigenvalue weighted by atomic mass is 9.80. The molecule has 3 atom stereocenters. The van der Waals surface area contributed by atoms with Crippen molar-refractivity contribution in [1.82, 2.24) is 5.32 Å². The van der Waals surface area contributed by atoms with E-state index in [1.165, 1.54) is 6.07 Å². The Kier molecular flexibility index (Phi) is 6.62. The number of rotatable bonds is 4. The number of nitrogens with one attached hydrogen (secondary N) is 1. The molecule has 21 heavy (non-hydrogen) atoms. The van der Waals surface area contributed by atoms with Crippen LogP contribution in [0.15, 0.2) is 18.2 Å². The van der Waals surface area contributed by atoms with Crippen LogP contribution in [0.25, 0.3) is 0 Å². The standard InChI is InChI=1S/C16H23FN2O.ClH/c1-3-5-14(18)16(20)19-15-10(2)8-9-11-12(15)6-4-7-13(11)17;/h4,6-7,10,14-15H,3,5,8-9,18H2,1-2H3,(H,19,20);1H. The summed E-state index contributed by atoms with van der Waals surface area (Å²) in [4.78, 5) is 12.1. The van der Waals surface area contributed by atoms with Crippen molar-refractivity contribution in [2.75, 3.05) is 0 Å². The largest absolute Gasteiger partial charge is 0.348 e. The zero-order valence-corrected chi connectivity index (χ0v) is 13.4. The molecule has 0 spiro atoms. The summed E-state index contributed by atoms with van der Waals surface area (Å²) in [6.07, 6.45) is 3.15. The van der Waals surface area contributed by atoms with Crippen molar-refractivity contribution in [2.24, 2.45) is 11.7 Å². The Morgan fingerprint density at radius 3 is 2.90 bits per heavy atom. The third-order valence-corrected chi connectivity index (χ3v) is 4.14. The molecule has 3 N–H and O–H groups in total. The highest BCUT2D eigenvalue weighted by Crippen LogP contribution is 2.35. The van der Waals surface area contributed by atoms with E-state index < -0.39 is 6.04 Å². The quantitative estimate of drug-likeness (QED) is 0.897. The van der Waals surface area contributed by atoms with Gasteiger partial charge in [0.2, 0.25) is 5.91 Å². The third-order valence-electron chi connectivity index (χ3n) is 4.14. The molecule has 0 radical (unpaired) electrons. The van der Waals surface area contributed by atoms with Crippen LogP contribution in [0.5, 0.6) is 0 Å². The highest BCUT2D eigenvalue weighted by Gasteiger charge is 2.30. The Balaban J connectivity index is 0.00000220. The van der Waals surface area contributed by atoms with E-state index in [1.807, 2.05) is 13.0 Å². The number of carbonyl (C=O) groups is 1. The summed E-state index contributed by atoms with van der Waals surface area (Å²) in [6.45, 7) is 4.09. The van der Waals surface area contributed by atoms with Gasteiger partial charge in [0.1, 0.15) is 5.82 Å². The zero-order chi connectivity index (χ0) is 14.7. The average Bonchev–Trinajstić information content (AvgIpc) is 2.42.